The van der Waals surface area contributed by atoms with E-state index in [0.29, 0.717) is 0 Å². The Morgan fingerprint density at radius 1 is 1.20 bits per heavy atom. The Hall–Kier alpha value is -0.840. The predicted octanol–water partition coefficient (Wildman–Crippen LogP) is 5.02. The summed E-state index contributed by atoms with van der Waals surface area (Å²) in [5.74, 6) is -0.211. The molecule has 0 fully saturated rings. The standard InChI is InChI=1S/C16H17BrFNS/c1-2-13(19)9-11-3-8-16(15(17)10-11)20-14-6-4-12(18)5-7-14/h3-8,10,13H,2,9,19H2,1H3. The molecule has 2 aromatic rings. The second-order valence-electron chi connectivity index (χ2n) is 4.69. The van der Waals surface area contributed by atoms with Gasteiger partial charge in [-0.05, 0) is 70.7 Å². The molecule has 4 heteroatoms. The van der Waals surface area contributed by atoms with E-state index in [2.05, 4.69) is 41.1 Å². The van der Waals surface area contributed by atoms with Crippen LogP contribution < -0.4 is 5.73 Å². The number of rotatable bonds is 5. The number of nitrogens with two attached hydrogens (primary N) is 1. The first kappa shape index (κ1) is 15.5. The molecule has 0 aliphatic heterocycles. The van der Waals surface area contributed by atoms with Crippen LogP contribution in [0, 0.1) is 5.82 Å². The minimum Gasteiger partial charge on any atom is -0.327 e. The molecule has 1 unspecified atom stereocenters. The van der Waals surface area contributed by atoms with Gasteiger partial charge < -0.3 is 5.73 Å². The normalized spacial score (nSPS) is 12.4. The van der Waals surface area contributed by atoms with Gasteiger partial charge in [0.15, 0.2) is 0 Å². The second-order valence-corrected chi connectivity index (χ2v) is 6.66. The maximum Gasteiger partial charge on any atom is 0.123 e. The van der Waals surface area contributed by atoms with Crippen molar-refractivity contribution in [1.29, 1.82) is 0 Å². The number of hydrogen-bond acceptors (Lipinski definition) is 2. The molecule has 0 aliphatic carbocycles. The van der Waals surface area contributed by atoms with Crippen molar-refractivity contribution in [3.8, 4) is 0 Å². The molecule has 106 valence electrons. The molecule has 0 bridgehead atoms. The van der Waals surface area contributed by atoms with Gasteiger partial charge in [-0.15, -0.1) is 0 Å². The summed E-state index contributed by atoms with van der Waals surface area (Å²) >= 11 is 5.21. The third kappa shape index (κ3) is 4.33. The summed E-state index contributed by atoms with van der Waals surface area (Å²) < 4.78 is 13.9. The Labute approximate surface area is 131 Å². The molecule has 0 saturated heterocycles. The van der Waals surface area contributed by atoms with E-state index in [9.17, 15) is 4.39 Å². The first-order chi connectivity index (χ1) is 9.58. The number of benzene rings is 2. The van der Waals surface area contributed by atoms with Crippen LogP contribution in [0.4, 0.5) is 4.39 Å². The van der Waals surface area contributed by atoms with Gasteiger partial charge in [0.05, 0.1) is 0 Å². The fraction of sp³-hybridized carbons (Fsp3) is 0.250. The Bertz CT molecular complexity index is 571. The lowest BCUT2D eigenvalue weighted by atomic mass is 10.1. The Morgan fingerprint density at radius 2 is 1.90 bits per heavy atom. The minimum absolute atomic E-state index is 0.206. The molecular formula is C16H17BrFNS. The van der Waals surface area contributed by atoms with Gasteiger partial charge in [0.25, 0.3) is 0 Å². The van der Waals surface area contributed by atoms with Crippen molar-refractivity contribution >= 4 is 27.7 Å². The molecule has 2 aromatic carbocycles. The third-order valence-electron chi connectivity index (χ3n) is 3.06. The van der Waals surface area contributed by atoms with Crippen LogP contribution in [0.1, 0.15) is 18.9 Å². The van der Waals surface area contributed by atoms with Crippen LogP contribution in [0.5, 0.6) is 0 Å². The van der Waals surface area contributed by atoms with E-state index in [1.165, 1.54) is 17.7 Å². The Kier molecular flexibility index (Phi) is 5.64. The molecular weight excluding hydrogens is 337 g/mol. The topological polar surface area (TPSA) is 26.0 Å². The monoisotopic (exact) mass is 353 g/mol. The minimum atomic E-state index is -0.211. The lowest BCUT2D eigenvalue weighted by molar-refractivity contribution is 0.626. The van der Waals surface area contributed by atoms with Gasteiger partial charge in [0, 0.05) is 20.3 Å². The molecule has 2 rings (SSSR count). The van der Waals surface area contributed by atoms with Crippen LogP contribution in [0.15, 0.2) is 56.7 Å². The highest BCUT2D eigenvalue weighted by Crippen LogP contribution is 2.34. The summed E-state index contributed by atoms with van der Waals surface area (Å²) in [4.78, 5) is 2.13. The predicted molar refractivity (Wildman–Crippen MR) is 86.6 cm³/mol. The highest BCUT2D eigenvalue weighted by atomic mass is 79.9. The van der Waals surface area contributed by atoms with Gasteiger partial charge >= 0.3 is 0 Å². The molecule has 1 nitrogen and oxygen atoms in total. The van der Waals surface area contributed by atoms with Crippen molar-refractivity contribution in [3.05, 3.63) is 58.3 Å². The Morgan fingerprint density at radius 3 is 2.50 bits per heavy atom. The van der Waals surface area contributed by atoms with Crippen molar-refractivity contribution in [2.75, 3.05) is 0 Å². The van der Waals surface area contributed by atoms with Gasteiger partial charge in [0.2, 0.25) is 0 Å². The summed E-state index contributed by atoms with van der Waals surface area (Å²) in [6.45, 7) is 2.10. The first-order valence-corrected chi connectivity index (χ1v) is 8.17. The second kappa shape index (κ2) is 7.25. The van der Waals surface area contributed by atoms with Crippen LogP contribution in [-0.2, 0) is 6.42 Å². The molecule has 0 aliphatic rings. The molecule has 0 radical (unpaired) electrons. The van der Waals surface area contributed by atoms with E-state index in [1.54, 1.807) is 23.9 Å². The molecule has 0 spiro atoms. The number of halogens is 2. The lowest BCUT2D eigenvalue weighted by Crippen LogP contribution is -2.21. The summed E-state index contributed by atoms with van der Waals surface area (Å²) in [5, 5.41) is 0. The number of hydrogen-bond donors (Lipinski definition) is 1. The fourth-order valence-electron chi connectivity index (χ4n) is 1.83. The molecule has 1 atom stereocenters. The first-order valence-electron chi connectivity index (χ1n) is 6.56. The Balaban J connectivity index is 2.11. The molecule has 0 heterocycles. The molecule has 2 N–H and O–H groups in total. The fourth-order valence-corrected chi connectivity index (χ4v) is 3.32. The van der Waals surface area contributed by atoms with E-state index < -0.39 is 0 Å². The van der Waals surface area contributed by atoms with Crippen LogP contribution in [0.2, 0.25) is 0 Å². The summed E-state index contributed by atoms with van der Waals surface area (Å²) in [6.07, 6.45) is 1.86. The van der Waals surface area contributed by atoms with Crippen LogP contribution in [-0.4, -0.2) is 6.04 Å². The van der Waals surface area contributed by atoms with Crippen molar-refractivity contribution < 1.29 is 4.39 Å². The van der Waals surface area contributed by atoms with E-state index in [4.69, 9.17) is 5.73 Å². The van der Waals surface area contributed by atoms with E-state index in [-0.39, 0.29) is 11.9 Å². The maximum absolute atomic E-state index is 12.9. The third-order valence-corrected chi connectivity index (χ3v) is 5.06. The maximum atomic E-state index is 12.9. The van der Waals surface area contributed by atoms with Gasteiger partial charge in [-0.2, -0.15) is 0 Å². The zero-order chi connectivity index (χ0) is 14.5. The summed E-state index contributed by atoms with van der Waals surface area (Å²) in [5.41, 5.74) is 7.21. The zero-order valence-electron chi connectivity index (χ0n) is 11.3. The molecule has 0 amide bonds. The van der Waals surface area contributed by atoms with Gasteiger partial charge in [-0.1, -0.05) is 24.8 Å². The smallest absolute Gasteiger partial charge is 0.123 e. The van der Waals surface area contributed by atoms with E-state index in [1.807, 2.05) is 0 Å². The molecule has 0 saturated carbocycles. The van der Waals surface area contributed by atoms with Crippen molar-refractivity contribution in [2.24, 2.45) is 5.73 Å². The van der Waals surface area contributed by atoms with Gasteiger partial charge in [-0.25, -0.2) is 4.39 Å². The van der Waals surface area contributed by atoms with Crippen molar-refractivity contribution in [2.45, 2.75) is 35.6 Å². The average molecular weight is 354 g/mol. The van der Waals surface area contributed by atoms with Gasteiger partial charge in [-0.3, -0.25) is 0 Å². The lowest BCUT2D eigenvalue weighted by Gasteiger charge is -2.11. The van der Waals surface area contributed by atoms with Crippen LogP contribution in [0.3, 0.4) is 0 Å². The molecule has 0 aromatic heterocycles. The molecule has 20 heavy (non-hydrogen) atoms. The highest BCUT2D eigenvalue weighted by molar-refractivity contribution is 9.10. The van der Waals surface area contributed by atoms with E-state index >= 15 is 0 Å². The van der Waals surface area contributed by atoms with Gasteiger partial charge in [0.1, 0.15) is 5.82 Å². The summed E-state index contributed by atoms with van der Waals surface area (Å²) in [6, 6.07) is 13.0. The largest absolute Gasteiger partial charge is 0.327 e. The van der Waals surface area contributed by atoms with Crippen molar-refractivity contribution in [1.82, 2.24) is 0 Å². The quantitative estimate of drug-likeness (QED) is 0.816. The average Bonchev–Trinajstić information content (AvgIpc) is 2.44. The van der Waals surface area contributed by atoms with E-state index in [0.717, 1.165) is 27.1 Å². The van der Waals surface area contributed by atoms with Crippen molar-refractivity contribution in [3.63, 3.8) is 0 Å². The van der Waals surface area contributed by atoms with Crippen LogP contribution >= 0.6 is 27.7 Å². The van der Waals surface area contributed by atoms with Crippen LogP contribution in [0.25, 0.3) is 0 Å². The summed E-state index contributed by atoms with van der Waals surface area (Å²) in [7, 11) is 0. The highest BCUT2D eigenvalue weighted by Gasteiger charge is 2.06. The SMILES string of the molecule is CCC(N)Cc1ccc(Sc2ccc(F)cc2)c(Br)c1. The zero-order valence-corrected chi connectivity index (χ0v) is 13.7.